The molecule has 17 heavy (non-hydrogen) atoms. The summed E-state index contributed by atoms with van der Waals surface area (Å²) in [5.41, 5.74) is 2.76. The minimum absolute atomic E-state index is 0.913. The molecule has 0 atom stereocenters. The molecule has 0 aromatic heterocycles. The van der Waals surface area contributed by atoms with Crippen molar-refractivity contribution in [2.24, 2.45) is 5.92 Å². The third-order valence-corrected chi connectivity index (χ3v) is 3.15. The molecule has 2 rings (SSSR count). The normalized spacial score (nSPS) is 16.4. The van der Waals surface area contributed by atoms with E-state index in [1.165, 1.54) is 43.6 Å². The summed E-state index contributed by atoms with van der Waals surface area (Å²) in [7, 11) is 0. The Morgan fingerprint density at radius 2 is 1.76 bits per heavy atom. The van der Waals surface area contributed by atoms with Crippen molar-refractivity contribution in [3.63, 3.8) is 0 Å². The van der Waals surface area contributed by atoms with Gasteiger partial charge in [-0.2, -0.15) is 0 Å². The van der Waals surface area contributed by atoms with E-state index in [1.54, 1.807) is 0 Å². The summed E-state index contributed by atoms with van der Waals surface area (Å²) < 4.78 is 0. The molecular formula is C16H27N. The van der Waals surface area contributed by atoms with Crippen molar-refractivity contribution in [2.75, 3.05) is 18.0 Å². The maximum atomic E-state index is 2.51. The Labute approximate surface area is 107 Å². The van der Waals surface area contributed by atoms with Gasteiger partial charge >= 0.3 is 0 Å². The van der Waals surface area contributed by atoms with Crippen LogP contribution in [0.15, 0.2) is 24.3 Å². The zero-order chi connectivity index (χ0) is 12.7. The summed E-state index contributed by atoms with van der Waals surface area (Å²) in [5.74, 6) is 0.913. The number of hydrogen-bond donors (Lipinski definition) is 0. The van der Waals surface area contributed by atoms with Gasteiger partial charge in [-0.25, -0.2) is 0 Å². The minimum atomic E-state index is 0.913. The van der Waals surface area contributed by atoms with E-state index in [1.807, 2.05) is 0 Å². The number of hydrogen-bond acceptors (Lipinski definition) is 1. The van der Waals surface area contributed by atoms with Crippen LogP contribution < -0.4 is 4.90 Å². The number of anilines is 1. The van der Waals surface area contributed by atoms with E-state index in [0.29, 0.717) is 0 Å². The van der Waals surface area contributed by atoms with Gasteiger partial charge in [0.15, 0.2) is 0 Å². The highest BCUT2D eigenvalue weighted by Crippen LogP contribution is 2.23. The Kier molecular flexibility index (Phi) is 6.10. The standard InChI is InChI=1S/C13H19N.C3H8/c1-11-6-8-14(9-7-11)13-5-3-4-12(2)10-13;1-3-2/h3-5,10-11H,6-9H2,1-2H3;3H2,1-2H3. The molecule has 0 bridgehead atoms. The van der Waals surface area contributed by atoms with Crippen LogP contribution in [0.2, 0.25) is 0 Å². The molecule has 0 unspecified atom stereocenters. The van der Waals surface area contributed by atoms with Gasteiger partial charge in [-0.05, 0) is 43.4 Å². The predicted molar refractivity (Wildman–Crippen MR) is 77.8 cm³/mol. The number of nitrogens with zero attached hydrogens (tertiary/aromatic N) is 1. The average molecular weight is 233 g/mol. The molecule has 0 amide bonds. The van der Waals surface area contributed by atoms with Crippen LogP contribution in [-0.4, -0.2) is 13.1 Å². The second kappa shape index (κ2) is 7.37. The lowest BCUT2D eigenvalue weighted by Gasteiger charge is -2.32. The first-order valence-corrected chi connectivity index (χ1v) is 6.99. The van der Waals surface area contributed by atoms with Crippen molar-refractivity contribution in [1.82, 2.24) is 0 Å². The molecule has 0 N–H and O–H groups in total. The Bertz CT molecular complexity index is 311. The maximum Gasteiger partial charge on any atom is 0.0368 e. The minimum Gasteiger partial charge on any atom is -0.372 e. The molecule has 1 aromatic carbocycles. The van der Waals surface area contributed by atoms with Gasteiger partial charge in [0, 0.05) is 18.8 Å². The van der Waals surface area contributed by atoms with Crippen LogP contribution in [0, 0.1) is 12.8 Å². The van der Waals surface area contributed by atoms with E-state index in [-0.39, 0.29) is 0 Å². The lowest BCUT2D eigenvalue weighted by atomic mass is 9.98. The molecule has 1 nitrogen and oxygen atoms in total. The molecule has 0 radical (unpaired) electrons. The largest absolute Gasteiger partial charge is 0.372 e. The van der Waals surface area contributed by atoms with Gasteiger partial charge < -0.3 is 4.90 Å². The molecule has 1 aromatic rings. The number of piperidine rings is 1. The van der Waals surface area contributed by atoms with Crippen LogP contribution in [-0.2, 0) is 0 Å². The molecule has 1 saturated heterocycles. The molecule has 1 heteroatoms. The smallest absolute Gasteiger partial charge is 0.0368 e. The topological polar surface area (TPSA) is 3.24 Å². The molecule has 1 aliphatic rings. The van der Waals surface area contributed by atoms with E-state index in [4.69, 9.17) is 0 Å². The van der Waals surface area contributed by atoms with Crippen molar-refractivity contribution < 1.29 is 0 Å². The fourth-order valence-electron chi connectivity index (χ4n) is 2.09. The van der Waals surface area contributed by atoms with E-state index < -0.39 is 0 Å². The van der Waals surface area contributed by atoms with Crippen LogP contribution in [0.3, 0.4) is 0 Å². The number of benzene rings is 1. The van der Waals surface area contributed by atoms with Gasteiger partial charge in [-0.15, -0.1) is 0 Å². The molecular weight excluding hydrogens is 206 g/mol. The first-order valence-electron chi connectivity index (χ1n) is 6.99. The fraction of sp³-hybridized carbons (Fsp3) is 0.625. The number of aryl methyl sites for hydroxylation is 1. The van der Waals surface area contributed by atoms with Crippen molar-refractivity contribution in [3.8, 4) is 0 Å². The SMILES string of the molecule is CCC.Cc1cccc(N2CCC(C)CC2)c1. The lowest BCUT2D eigenvalue weighted by molar-refractivity contribution is 0.438. The second-order valence-corrected chi connectivity index (χ2v) is 5.22. The van der Waals surface area contributed by atoms with E-state index >= 15 is 0 Å². The molecule has 0 spiro atoms. The molecule has 1 fully saturated rings. The Balaban J connectivity index is 0.000000437. The van der Waals surface area contributed by atoms with E-state index in [0.717, 1.165) is 5.92 Å². The zero-order valence-electron chi connectivity index (χ0n) is 11.9. The van der Waals surface area contributed by atoms with Gasteiger partial charge in [0.05, 0.1) is 0 Å². The molecule has 1 heterocycles. The van der Waals surface area contributed by atoms with E-state index in [2.05, 4.69) is 56.9 Å². The molecule has 1 aliphatic heterocycles. The summed E-state index contributed by atoms with van der Waals surface area (Å²) >= 11 is 0. The van der Waals surface area contributed by atoms with Crippen molar-refractivity contribution in [1.29, 1.82) is 0 Å². The quantitative estimate of drug-likeness (QED) is 0.682. The third-order valence-electron chi connectivity index (χ3n) is 3.15. The second-order valence-electron chi connectivity index (χ2n) is 5.22. The molecule has 96 valence electrons. The van der Waals surface area contributed by atoms with Crippen molar-refractivity contribution in [3.05, 3.63) is 29.8 Å². The Morgan fingerprint density at radius 3 is 2.29 bits per heavy atom. The summed E-state index contributed by atoms with van der Waals surface area (Å²) in [5, 5.41) is 0. The summed E-state index contributed by atoms with van der Waals surface area (Å²) in [6.45, 7) is 11.2. The maximum absolute atomic E-state index is 2.51. The van der Waals surface area contributed by atoms with Gasteiger partial charge in [0.1, 0.15) is 0 Å². The van der Waals surface area contributed by atoms with Gasteiger partial charge in [-0.1, -0.05) is 39.3 Å². The van der Waals surface area contributed by atoms with Gasteiger partial charge in [-0.3, -0.25) is 0 Å². The fourth-order valence-corrected chi connectivity index (χ4v) is 2.09. The van der Waals surface area contributed by atoms with E-state index in [9.17, 15) is 0 Å². The number of rotatable bonds is 1. The zero-order valence-corrected chi connectivity index (χ0v) is 11.9. The highest BCUT2D eigenvalue weighted by molar-refractivity contribution is 5.48. The van der Waals surface area contributed by atoms with Crippen LogP contribution in [0.4, 0.5) is 5.69 Å². The summed E-state index contributed by atoms with van der Waals surface area (Å²) in [6.07, 6.45) is 3.93. The van der Waals surface area contributed by atoms with Crippen LogP contribution >= 0.6 is 0 Å². The summed E-state index contributed by atoms with van der Waals surface area (Å²) in [4.78, 5) is 2.51. The Hall–Kier alpha value is -0.980. The molecule has 0 aliphatic carbocycles. The average Bonchev–Trinajstić information content (AvgIpc) is 2.31. The van der Waals surface area contributed by atoms with Crippen LogP contribution in [0.1, 0.15) is 45.6 Å². The van der Waals surface area contributed by atoms with Crippen molar-refractivity contribution >= 4 is 5.69 Å². The third kappa shape index (κ3) is 4.80. The van der Waals surface area contributed by atoms with Gasteiger partial charge in [0.25, 0.3) is 0 Å². The first-order chi connectivity index (χ1) is 8.17. The monoisotopic (exact) mass is 233 g/mol. The highest BCUT2D eigenvalue weighted by Gasteiger charge is 2.15. The van der Waals surface area contributed by atoms with Crippen LogP contribution in [0.25, 0.3) is 0 Å². The predicted octanol–water partition coefficient (Wildman–Crippen LogP) is 4.65. The Morgan fingerprint density at radius 1 is 1.18 bits per heavy atom. The highest BCUT2D eigenvalue weighted by atomic mass is 15.1. The van der Waals surface area contributed by atoms with Crippen LogP contribution in [0.5, 0.6) is 0 Å². The molecule has 0 saturated carbocycles. The first kappa shape index (κ1) is 14.1. The summed E-state index contributed by atoms with van der Waals surface area (Å²) in [6, 6.07) is 8.83. The lowest BCUT2D eigenvalue weighted by Crippen LogP contribution is -2.32. The van der Waals surface area contributed by atoms with Crippen molar-refractivity contribution in [2.45, 2.75) is 47.0 Å². The van der Waals surface area contributed by atoms with Gasteiger partial charge in [0.2, 0.25) is 0 Å².